The molecule has 1 aromatic heterocycles. The molecule has 1 aliphatic carbocycles. The zero-order valence-electron chi connectivity index (χ0n) is 9.33. The highest BCUT2D eigenvalue weighted by Crippen LogP contribution is 2.19. The predicted molar refractivity (Wildman–Crippen MR) is 58.8 cm³/mol. The Hall–Kier alpha value is -1.12. The summed E-state index contributed by atoms with van der Waals surface area (Å²) in [6.45, 7) is 2.57. The van der Waals surface area contributed by atoms with Crippen molar-refractivity contribution < 1.29 is 4.79 Å². The third-order valence-electron chi connectivity index (χ3n) is 2.99. The number of fused-ring (bicyclic) bond motifs is 1. The molecule has 0 unspecified atom stereocenters. The summed E-state index contributed by atoms with van der Waals surface area (Å²) in [5, 5.41) is 0. The van der Waals surface area contributed by atoms with Crippen LogP contribution < -0.4 is 0 Å². The number of ketones is 1. The van der Waals surface area contributed by atoms with Crippen molar-refractivity contribution in [3.8, 4) is 0 Å². The van der Waals surface area contributed by atoms with Crippen molar-refractivity contribution in [3.63, 3.8) is 0 Å². The molecule has 0 bridgehead atoms. The molecule has 0 amide bonds. The predicted octanol–water partition coefficient (Wildman–Crippen LogP) is 2.13. The molecule has 0 saturated heterocycles. The molecule has 3 nitrogen and oxygen atoms in total. The normalized spacial score (nSPS) is 15.0. The first kappa shape index (κ1) is 10.4. The summed E-state index contributed by atoms with van der Waals surface area (Å²) in [4.78, 5) is 15.9. The Morgan fingerprint density at radius 3 is 3.07 bits per heavy atom. The minimum atomic E-state index is 0.322. The van der Waals surface area contributed by atoms with Crippen molar-refractivity contribution in [2.45, 2.75) is 52.0 Å². The van der Waals surface area contributed by atoms with Gasteiger partial charge in [0.2, 0.25) is 0 Å². The van der Waals surface area contributed by atoms with Gasteiger partial charge in [-0.2, -0.15) is 0 Å². The summed E-state index contributed by atoms with van der Waals surface area (Å²) in [7, 11) is 0. The Kier molecular flexibility index (Phi) is 3.19. The summed E-state index contributed by atoms with van der Waals surface area (Å²) in [5.74, 6) is 0.322. The molecule has 0 aliphatic heterocycles. The number of Topliss-reactive ketones (excluding diaryl/α,β-unsaturated/α-hetero) is 1. The van der Waals surface area contributed by atoms with E-state index in [1.54, 1.807) is 0 Å². The van der Waals surface area contributed by atoms with Crippen molar-refractivity contribution in [3.05, 3.63) is 17.7 Å². The maximum atomic E-state index is 11.5. The van der Waals surface area contributed by atoms with E-state index >= 15 is 0 Å². The Bertz CT molecular complexity index is 355. The Balaban J connectivity index is 2.08. The van der Waals surface area contributed by atoms with Crippen LogP contribution in [0.5, 0.6) is 0 Å². The van der Waals surface area contributed by atoms with E-state index in [4.69, 9.17) is 0 Å². The van der Waals surface area contributed by atoms with Crippen LogP contribution in [0.25, 0.3) is 0 Å². The van der Waals surface area contributed by atoms with Gasteiger partial charge in [-0.25, -0.2) is 4.98 Å². The van der Waals surface area contributed by atoms with Gasteiger partial charge in [0.25, 0.3) is 0 Å². The Morgan fingerprint density at radius 1 is 1.47 bits per heavy atom. The fourth-order valence-electron chi connectivity index (χ4n) is 2.22. The van der Waals surface area contributed by atoms with Crippen molar-refractivity contribution in [1.82, 2.24) is 9.55 Å². The summed E-state index contributed by atoms with van der Waals surface area (Å²) >= 11 is 0. The second-order valence-electron chi connectivity index (χ2n) is 4.26. The fourth-order valence-corrected chi connectivity index (χ4v) is 2.22. The first-order valence-electron chi connectivity index (χ1n) is 5.86. The van der Waals surface area contributed by atoms with Gasteiger partial charge in [0.15, 0.2) is 5.78 Å². The lowest BCUT2D eigenvalue weighted by atomic mass is 10.0. The van der Waals surface area contributed by atoms with Crippen LogP contribution in [0.3, 0.4) is 0 Å². The molecule has 1 aliphatic rings. The quantitative estimate of drug-likeness (QED) is 0.756. The van der Waals surface area contributed by atoms with E-state index < -0.39 is 0 Å². The third kappa shape index (κ3) is 2.28. The maximum Gasteiger partial charge on any atom is 0.152 e. The number of nitrogens with zero attached hydrogens (tertiary/aromatic N) is 2. The van der Waals surface area contributed by atoms with Crippen LogP contribution >= 0.6 is 0 Å². The highest BCUT2D eigenvalue weighted by molar-refractivity contribution is 5.78. The van der Waals surface area contributed by atoms with E-state index in [1.807, 2.05) is 17.8 Å². The Morgan fingerprint density at radius 2 is 2.27 bits per heavy atom. The average molecular weight is 206 g/mol. The fraction of sp³-hybridized carbons (Fsp3) is 0.667. The van der Waals surface area contributed by atoms with Gasteiger partial charge in [0, 0.05) is 12.1 Å². The van der Waals surface area contributed by atoms with Gasteiger partial charge in [0.05, 0.1) is 18.6 Å². The number of rotatable bonds is 4. The molecule has 15 heavy (non-hydrogen) atoms. The zero-order chi connectivity index (χ0) is 10.7. The molecular formula is C12H18N2O. The van der Waals surface area contributed by atoms with Crippen molar-refractivity contribution in [2.75, 3.05) is 0 Å². The second-order valence-corrected chi connectivity index (χ2v) is 4.26. The minimum Gasteiger partial charge on any atom is -0.327 e. The number of hydrogen-bond donors (Lipinski definition) is 0. The highest BCUT2D eigenvalue weighted by atomic mass is 16.1. The monoisotopic (exact) mass is 206 g/mol. The average Bonchev–Trinajstić information content (AvgIpc) is 2.62. The zero-order valence-corrected chi connectivity index (χ0v) is 9.33. The molecule has 1 aromatic rings. The van der Waals surface area contributed by atoms with Gasteiger partial charge < -0.3 is 4.57 Å². The van der Waals surface area contributed by atoms with Crippen LogP contribution in [-0.4, -0.2) is 15.3 Å². The van der Waals surface area contributed by atoms with Gasteiger partial charge >= 0.3 is 0 Å². The van der Waals surface area contributed by atoms with Crippen LogP contribution in [-0.2, 0) is 24.2 Å². The van der Waals surface area contributed by atoms with Crippen molar-refractivity contribution in [2.24, 2.45) is 0 Å². The molecule has 0 fully saturated rings. The van der Waals surface area contributed by atoms with Crippen molar-refractivity contribution >= 4 is 5.78 Å². The van der Waals surface area contributed by atoms with Gasteiger partial charge in [-0.1, -0.05) is 6.92 Å². The molecule has 1 heterocycles. The van der Waals surface area contributed by atoms with Crippen LogP contribution in [0.2, 0.25) is 0 Å². The van der Waals surface area contributed by atoms with E-state index in [1.165, 1.54) is 24.2 Å². The van der Waals surface area contributed by atoms with E-state index in [0.717, 1.165) is 19.3 Å². The smallest absolute Gasteiger partial charge is 0.152 e. The molecular weight excluding hydrogens is 188 g/mol. The molecule has 82 valence electrons. The number of carbonyl (C=O) groups excluding carboxylic acids is 1. The molecule has 0 N–H and O–H groups in total. The highest BCUT2D eigenvalue weighted by Gasteiger charge is 2.16. The Labute approximate surface area is 90.5 Å². The summed E-state index contributed by atoms with van der Waals surface area (Å²) < 4.78 is 2.05. The number of hydrogen-bond acceptors (Lipinski definition) is 2. The molecule has 0 radical (unpaired) electrons. The van der Waals surface area contributed by atoms with E-state index in [2.05, 4.69) is 4.98 Å². The molecule has 0 spiro atoms. The topological polar surface area (TPSA) is 34.9 Å². The van der Waals surface area contributed by atoms with Crippen LogP contribution in [0.15, 0.2) is 6.33 Å². The number of carbonyl (C=O) groups is 1. The second kappa shape index (κ2) is 4.60. The lowest BCUT2D eigenvalue weighted by molar-refractivity contribution is -0.119. The summed E-state index contributed by atoms with van der Waals surface area (Å²) in [5.41, 5.74) is 2.51. The van der Waals surface area contributed by atoms with E-state index in [-0.39, 0.29) is 0 Å². The standard InChI is InChI=1S/C12H18N2O/c1-2-5-10(15)8-14-9-13-11-6-3-4-7-12(11)14/h9H,2-8H2,1H3. The van der Waals surface area contributed by atoms with E-state index in [0.29, 0.717) is 18.7 Å². The third-order valence-corrected chi connectivity index (χ3v) is 2.99. The van der Waals surface area contributed by atoms with Crippen LogP contribution in [0, 0.1) is 0 Å². The molecule has 0 aromatic carbocycles. The minimum absolute atomic E-state index is 0.322. The number of imidazole rings is 1. The summed E-state index contributed by atoms with van der Waals surface area (Å²) in [6.07, 6.45) is 8.12. The molecule has 0 saturated carbocycles. The van der Waals surface area contributed by atoms with Gasteiger partial charge in [-0.05, 0) is 32.1 Å². The lowest BCUT2D eigenvalue weighted by Gasteiger charge is -2.13. The molecule has 0 atom stereocenters. The van der Waals surface area contributed by atoms with Crippen LogP contribution in [0.1, 0.15) is 44.0 Å². The number of aryl methyl sites for hydroxylation is 1. The van der Waals surface area contributed by atoms with Gasteiger partial charge in [0.1, 0.15) is 0 Å². The van der Waals surface area contributed by atoms with E-state index in [9.17, 15) is 4.79 Å². The van der Waals surface area contributed by atoms with Gasteiger partial charge in [-0.3, -0.25) is 4.79 Å². The number of aromatic nitrogens is 2. The van der Waals surface area contributed by atoms with Crippen LogP contribution in [0.4, 0.5) is 0 Å². The first-order valence-corrected chi connectivity index (χ1v) is 5.86. The molecule has 2 rings (SSSR count). The molecule has 3 heteroatoms. The SMILES string of the molecule is CCCC(=O)Cn1cnc2c1CCCC2. The first-order chi connectivity index (χ1) is 7.31. The lowest BCUT2D eigenvalue weighted by Crippen LogP contribution is -2.13. The maximum absolute atomic E-state index is 11.5. The van der Waals surface area contributed by atoms with Crippen molar-refractivity contribution in [1.29, 1.82) is 0 Å². The summed E-state index contributed by atoms with van der Waals surface area (Å²) in [6, 6.07) is 0. The van der Waals surface area contributed by atoms with Gasteiger partial charge in [-0.15, -0.1) is 0 Å². The largest absolute Gasteiger partial charge is 0.327 e.